The highest BCUT2D eigenvalue weighted by Crippen LogP contribution is 2.36. The normalized spacial score (nSPS) is 10.6. The number of carbonyl (C=O) groups excluding carboxylic acids is 1. The largest absolute Gasteiger partial charge is 0.497 e. The lowest BCUT2D eigenvalue weighted by Gasteiger charge is -2.14. The van der Waals surface area contributed by atoms with Gasteiger partial charge in [0.1, 0.15) is 11.5 Å². The molecule has 3 aromatic rings. The number of methoxy groups -OCH3 is 4. The lowest BCUT2D eigenvalue weighted by molar-refractivity contribution is -0.115. The van der Waals surface area contributed by atoms with Crippen molar-refractivity contribution in [3.8, 4) is 23.0 Å². The topological polar surface area (TPSA) is 96.2 Å². The van der Waals surface area contributed by atoms with Gasteiger partial charge in [0, 0.05) is 11.5 Å². The van der Waals surface area contributed by atoms with Crippen molar-refractivity contribution in [2.75, 3.05) is 33.8 Å². The van der Waals surface area contributed by atoms with Crippen molar-refractivity contribution in [3.63, 3.8) is 0 Å². The molecular formula is C22H23NO7. The second-order valence-electron chi connectivity index (χ2n) is 6.46. The number of amides is 1. The number of anilines is 1. The Labute approximate surface area is 173 Å². The third-order valence-corrected chi connectivity index (χ3v) is 4.82. The number of ether oxygens (including phenoxy) is 4. The zero-order valence-corrected chi connectivity index (χ0v) is 17.5. The number of carbonyl (C=O) groups is 1. The molecule has 0 aliphatic heterocycles. The molecular weight excluding hydrogens is 390 g/mol. The monoisotopic (exact) mass is 413 g/mol. The van der Waals surface area contributed by atoms with E-state index in [1.807, 2.05) is 0 Å². The van der Waals surface area contributed by atoms with E-state index in [2.05, 4.69) is 5.32 Å². The maximum absolute atomic E-state index is 12.7. The molecule has 2 aromatic carbocycles. The highest BCUT2D eigenvalue weighted by atomic mass is 16.5. The molecule has 8 heteroatoms. The summed E-state index contributed by atoms with van der Waals surface area (Å²) in [5.74, 6) is 1.42. The summed E-state index contributed by atoms with van der Waals surface area (Å²) in [6, 6.07) is 8.53. The molecule has 0 saturated heterocycles. The average Bonchev–Trinajstić information content (AvgIpc) is 2.75. The molecule has 158 valence electrons. The SMILES string of the molecule is COc1ccc(OC)c(NC(=O)Cc2c(C)c3ccc(OC)c(OC)c3oc2=O)c1. The summed E-state index contributed by atoms with van der Waals surface area (Å²) in [4.78, 5) is 25.3. The van der Waals surface area contributed by atoms with Crippen molar-refractivity contribution in [1.82, 2.24) is 0 Å². The standard InChI is InChI=1S/C22H23NO7/c1-12-14-7-9-18(28-4)21(29-5)20(14)30-22(25)15(12)11-19(24)23-16-10-13(26-2)6-8-17(16)27-3/h6-10H,11H2,1-5H3,(H,23,24). The maximum Gasteiger partial charge on any atom is 0.340 e. The Hall–Kier alpha value is -3.68. The average molecular weight is 413 g/mol. The van der Waals surface area contributed by atoms with Crippen molar-refractivity contribution in [3.05, 3.63) is 51.9 Å². The molecule has 1 aromatic heterocycles. The smallest absolute Gasteiger partial charge is 0.340 e. The van der Waals surface area contributed by atoms with Gasteiger partial charge < -0.3 is 28.7 Å². The minimum Gasteiger partial charge on any atom is -0.497 e. The first kappa shape index (κ1) is 21.0. The Morgan fingerprint density at radius 3 is 2.30 bits per heavy atom. The zero-order valence-electron chi connectivity index (χ0n) is 17.5. The first-order valence-electron chi connectivity index (χ1n) is 9.12. The van der Waals surface area contributed by atoms with Crippen LogP contribution in [0.4, 0.5) is 5.69 Å². The van der Waals surface area contributed by atoms with E-state index < -0.39 is 11.5 Å². The van der Waals surface area contributed by atoms with E-state index in [4.69, 9.17) is 23.4 Å². The van der Waals surface area contributed by atoms with Gasteiger partial charge in [-0.2, -0.15) is 0 Å². The molecule has 30 heavy (non-hydrogen) atoms. The fourth-order valence-corrected chi connectivity index (χ4v) is 3.24. The van der Waals surface area contributed by atoms with Gasteiger partial charge in [0.05, 0.1) is 46.1 Å². The van der Waals surface area contributed by atoms with Crippen LogP contribution >= 0.6 is 0 Å². The summed E-state index contributed by atoms with van der Waals surface area (Å²) in [5.41, 5.74) is 0.998. The summed E-state index contributed by atoms with van der Waals surface area (Å²) < 4.78 is 26.5. The number of fused-ring (bicyclic) bond motifs is 1. The van der Waals surface area contributed by atoms with Crippen molar-refractivity contribution in [2.24, 2.45) is 0 Å². The van der Waals surface area contributed by atoms with Crippen molar-refractivity contribution in [1.29, 1.82) is 0 Å². The number of aryl methyl sites for hydroxylation is 1. The summed E-state index contributed by atoms with van der Waals surface area (Å²) >= 11 is 0. The Morgan fingerprint density at radius 2 is 1.67 bits per heavy atom. The fourth-order valence-electron chi connectivity index (χ4n) is 3.24. The maximum atomic E-state index is 12.7. The molecule has 3 rings (SSSR count). The Morgan fingerprint density at radius 1 is 0.967 bits per heavy atom. The number of benzene rings is 2. The first-order chi connectivity index (χ1) is 14.4. The molecule has 0 bridgehead atoms. The zero-order chi connectivity index (χ0) is 21.8. The molecule has 1 N–H and O–H groups in total. The molecule has 0 fully saturated rings. The van der Waals surface area contributed by atoms with Crippen LogP contribution in [0.3, 0.4) is 0 Å². The van der Waals surface area contributed by atoms with Gasteiger partial charge in [-0.25, -0.2) is 4.79 Å². The van der Waals surface area contributed by atoms with Crippen LogP contribution < -0.4 is 29.9 Å². The van der Waals surface area contributed by atoms with Gasteiger partial charge in [-0.15, -0.1) is 0 Å². The Bertz CT molecular complexity index is 1150. The van der Waals surface area contributed by atoms with Crippen LogP contribution in [-0.4, -0.2) is 34.3 Å². The van der Waals surface area contributed by atoms with E-state index in [1.165, 1.54) is 28.4 Å². The van der Waals surface area contributed by atoms with E-state index in [0.29, 0.717) is 39.6 Å². The van der Waals surface area contributed by atoms with E-state index in [1.54, 1.807) is 37.3 Å². The molecule has 0 aliphatic rings. The minimum atomic E-state index is -0.612. The molecule has 0 saturated carbocycles. The second-order valence-corrected chi connectivity index (χ2v) is 6.46. The third kappa shape index (κ3) is 3.89. The van der Waals surface area contributed by atoms with Gasteiger partial charge in [0.25, 0.3) is 0 Å². The van der Waals surface area contributed by atoms with E-state index in [-0.39, 0.29) is 17.6 Å². The lowest BCUT2D eigenvalue weighted by Crippen LogP contribution is -2.21. The predicted octanol–water partition coefficient (Wildman–Crippen LogP) is 3.32. The summed E-state index contributed by atoms with van der Waals surface area (Å²) in [6.45, 7) is 1.76. The number of hydrogen-bond donors (Lipinski definition) is 1. The summed E-state index contributed by atoms with van der Waals surface area (Å²) in [6.07, 6.45) is -0.168. The van der Waals surface area contributed by atoms with Crippen LogP contribution in [0.15, 0.2) is 39.5 Å². The summed E-state index contributed by atoms with van der Waals surface area (Å²) in [5, 5.41) is 3.42. The highest BCUT2D eigenvalue weighted by molar-refractivity contribution is 5.95. The number of rotatable bonds is 7. The van der Waals surface area contributed by atoms with Crippen molar-refractivity contribution >= 4 is 22.6 Å². The van der Waals surface area contributed by atoms with Crippen LogP contribution in [0.25, 0.3) is 11.0 Å². The van der Waals surface area contributed by atoms with Crippen LogP contribution in [-0.2, 0) is 11.2 Å². The van der Waals surface area contributed by atoms with Gasteiger partial charge in [0.2, 0.25) is 11.7 Å². The fraction of sp³-hybridized carbons (Fsp3) is 0.273. The Balaban J connectivity index is 1.96. The molecule has 0 atom stereocenters. The molecule has 0 unspecified atom stereocenters. The quantitative estimate of drug-likeness (QED) is 0.594. The lowest BCUT2D eigenvalue weighted by atomic mass is 10.0. The van der Waals surface area contributed by atoms with E-state index >= 15 is 0 Å². The van der Waals surface area contributed by atoms with Gasteiger partial charge in [-0.1, -0.05) is 0 Å². The molecule has 0 aliphatic carbocycles. The minimum absolute atomic E-state index is 0.168. The van der Waals surface area contributed by atoms with Gasteiger partial charge >= 0.3 is 5.63 Å². The summed E-state index contributed by atoms with van der Waals surface area (Å²) in [7, 11) is 6.00. The highest BCUT2D eigenvalue weighted by Gasteiger charge is 2.20. The second kappa shape index (κ2) is 8.77. The number of nitrogens with one attached hydrogen (secondary N) is 1. The first-order valence-corrected chi connectivity index (χ1v) is 9.12. The number of hydrogen-bond acceptors (Lipinski definition) is 7. The van der Waals surface area contributed by atoms with Crippen molar-refractivity contribution in [2.45, 2.75) is 13.3 Å². The van der Waals surface area contributed by atoms with Gasteiger partial charge in [-0.05, 0) is 36.8 Å². The molecule has 0 spiro atoms. The van der Waals surface area contributed by atoms with E-state index in [0.717, 1.165) is 0 Å². The predicted molar refractivity (Wildman–Crippen MR) is 112 cm³/mol. The van der Waals surface area contributed by atoms with Crippen LogP contribution in [0.1, 0.15) is 11.1 Å². The van der Waals surface area contributed by atoms with E-state index in [9.17, 15) is 9.59 Å². The van der Waals surface area contributed by atoms with Gasteiger partial charge in [-0.3, -0.25) is 4.79 Å². The van der Waals surface area contributed by atoms with Crippen LogP contribution in [0.5, 0.6) is 23.0 Å². The van der Waals surface area contributed by atoms with Crippen molar-refractivity contribution < 1.29 is 28.2 Å². The molecule has 1 amide bonds. The van der Waals surface area contributed by atoms with Crippen LogP contribution in [0, 0.1) is 6.92 Å². The third-order valence-electron chi connectivity index (χ3n) is 4.82. The molecule has 8 nitrogen and oxygen atoms in total. The Kier molecular flexibility index (Phi) is 6.15. The van der Waals surface area contributed by atoms with Gasteiger partial charge in [0.15, 0.2) is 11.3 Å². The van der Waals surface area contributed by atoms with Crippen LogP contribution in [0.2, 0.25) is 0 Å². The molecule has 1 heterocycles. The molecule has 0 radical (unpaired) electrons.